The van der Waals surface area contributed by atoms with Crippen LogP contribution in [0.3, 0.4) is 0 Å². The number of carbonyl (C=O) groups is 1. The summed E-state index contributed by atoms with van der Waals surface area (Å²) < 4.78 is 49.9. The van der Waals surface area contributed by atoms with E-state index >= 15 is 0 Å². The number of hydrogen-bond acceptors (Lipinski definition) is 9. The van der Waals surface area contributed by atoms with Crippen molar-refractivity contribution in [2.45, 2.75) is 18.3 Å². The largest absolute Gasteiger partial charge is 0.451 e. The van der Waals surface area contributed by atoms with Gasteiger partial charge in [0.25, 0.3) is 5.91 Å². The zero-order chi connectivity index (χ0) is 28.3. The Hall–Kier alpha value is -3.10. The van der Waals surface area contributed by atoms with Crippen molar-refractivity contribution in [3.63, 3.8) is 0 Å². The minimum atomic E-state index is -4.65. The van der Waals surface area contributed by atoms with E-state index in [-0.39, 0.29) is 29.8 Å². The van der Waals surface area contributed by atoms with Gasteiger partial charge < -0.3 is 24.8 Å². The van der Waals surface area contributed by atoms with Crippen LogP contribution in [0.4, 0.5) is 19.0 Å². The van der Waals surface area contributed by atoms with Gasteiger partial charge in [0.1, 0.15) is 5.82 Å². The molecule has 0 saturated carbocycles. The van der Waals surface area contributed by atoms with Crippen molar-refractivity contribution in [3.8, 4) is 0 Å². The molecule has 2 unspecified atom stereocenters. The molecule has 214 valence electrons. The Kier molecular flexibility index (Phi) is 8.66. The van der Waals surface area contributed by atoms with Crippen LogP contribution in [0, 0.1) is 0 Å². The number of aliphatic hydroxyl groups excluding tert-OH is 1. The summed E-state index contributed by atoms with van der Waals surface area (Å²) in [5, 5.41) is 13.2. The van der Waals surface area contributed by atoms with Crippen molar-refractivity contribution < 1.29 is 32.5 Å². The van der Waals surface area contributed by atoms with Crippen LogP contribution >= 0.6 is 11.6 Å². The Morgan fingerprint density at radius 2 is 1.88 bits per heavy atom. The molecule has 2 fully saturated rings. The summed E-state index contributed by atoms with van der Waals surface area (Å²) in [5.41, 5.74) is 1.26. The van der Waals surface area contributed by atoms with Gasteiger partial charge in [0.05, 0.1) is 54.7 Å². The molecule has 1 amide bonds. The normalized spacial score (nSPS) is 19.5. The minimum absolute atomic E-state index is 0.0854. The third kappa shape index (κ3) is 6.28. The maximum Gasteiger partial charge on any atom is 0.451 e. The lowest BCUT2D eigenvalue weighted by molar-refractivity contribution is -0.145. The Morgan fingerprint density at radius 3 is 2.58 bits per heavy atom. The summed E-state index contributed by atoms with van der Waals surface area (Å²) in [6.07, 6.45) is -2.66. The number of pyridine rings is 1. The summed E-state index contributed by atoms with van der Waals surface area (Å²) in [6.45, 7) is 3.54. The number of fused-ring (bicyclic) bond motifs is 1. The van der Waals surface area contributed by atoms with Crippen LogP contribution in [0.1, 0.15) is 27.8 Å². The molecule has 0 radical (unpaired) electrons. The van der Waals surface area contributed by atoms with Gasteiger partial charge in [0, 0.05) is 56.1 Å². The highest BCUT2D eigenvalue weighted by Crippen LogP contribution is 2.30. The molecular formula is C26H28ClF3N6O4. The first-order valence-corrected chi connectivity index (χ1v) is 13.2. The molecule has 5 rings (SSSR count). The van der Waals surface area contributed by atoms with Crippen LogP contribution in [0.25, 0.3) is 10.9 Å². The fraction of sp³-hybridized carbons (Fsp3) is 0.462. The summed E-state index contributed by atoms with van der Waals surface area (Å²) >= 11 is 6.47. The number of alkyl halides is 3. The van der Waals surface area contributed by atoms with E-state index in [1.165, 1.54) is 0 Å². The molecule has 4 heterocycles. The lowest BCUT2D eigenvalue weighted by Crippen LogP contribution is -2.44. The maximum absolute atomic E-state index is 13.5. The van der Waals surface area contributed by atoms with Crippen LogP contribution in [-0.4, -0.2) is 96.1 Å². The van der Waals surface area contributed by atoms with Gasteiger partial charge in [-0.3, -0.25) is 9.69 Å². The fourth-order valence-electron chi connectivity index (χ4n) is 4.89. The van der Waals surface area contributed by atoms with E-state index in [0.717, 1.165) is 12.4 Å². The lowest BCUT2D eigenvalue weighted by Gasteiger charge is -2.34. The number of nitrogens with zero attached hydrogens (tertiary/aromatic N) is 5. The Labute approximate surface area is 233 Å². The first-order chi connectivity index (χ1) is 19.2. The zero-order valence-corrected chi connectivity index (χ0v) is 22.2. The highest BCUT2D eigenvalue weighted by Gasteiger charge is 2.35. The van der Waals surface area contributed by atoms with E-state index in [9.17, 15) is 23.1 Å². The van der Waals surface area contributed by atoms with Crippen molar-refractivity contribution in [1.29, 1.82) is 0 Å². The van der Waals surface area contributed by atoms with Gasteiger partial charge in [-0.15, -0.1) is 0 Å². The van der Waals surface area contributed by atoms with Crippen molar-refractivity contribution >= 4 is 34.2 Å². The van der Waals surface area contributed by atoms with E-state index in [0.29, 0.717) is 68.3 Å². The molecule has 0 bridgehead atoms. The van der Waals surface area contributed by atoms with Gasteiger partial charge in [-0.05, 0) is 24.3 Å². The van der Waals surface area contributed by atoms with Crippen LogP contribution in [0.15, 0.2) is 36.7 Å². The van der Waals surface area contributed by atoms with Crippen molar-refractivity contribution in [2.75, 3.05) is 64.1 Å². The number of amides is 1. The number of anilines is 1. The van der Waals surface area contributed by atoms with E-state index in [2.05, 4.69) is 15.3 Å². The average molecular weight is 581 g/mol. The molecule has 2 aromatic heterocycles. The minimum Gasteiger partial charge on any atom is -0.394 e. The molecule has 40 heavy (non-hydrogen) atoms. The smallest absolute Gasteiger partial charge is 0.394 e. The highest BCUT2D eigenvalue weighted by atomic mass is 35.5. The number of hydrogen-bond donors (Lipinski definition) is 2. The number of benzene rings is 1. The molecule has 10 nitrogen and oxygen atoms in total. The number of aromatic nitrogens is 3. The topological polar surface area (TPSA) is 113 Å². The van der Waals surface area contributed by atoms with Gasteiger partial charge in [-0.25, -0.2) is 15.0 Å². The molecule has 2 aliphatic rings. The Morgan fingerprint density at radius 1 is 1.12 bits per heavy atom. The second kappa shape index (κ2) is 12.2. The van der Waals surface area contributed by atoms with Gasteiger partial charge in [-0.1, -0.05) is 11.6 Å². The molecule has 14 heteroatoms. The second-order valence-corrected chi connectivity index (χ2v) is 9.90. The molecule has 0 spiro atoms. The monoisotopic (exact) mass is 580 g/mol. The van der Waals surface area contributed by atoms with E-state index in [1.54, 1.807) is 24.3 Å². The van der Waals surface area contributed by atoms with Gasteiger partial charge in [-0.2, -0.15) is 13.2 Å². The fourth-order valence-corrected chi connectivity index (χ4v) is 5.14. The Bertz CT molecular complexity index is 1340. The van der Waals surface area contributed by atoms with Crippen molar-refractivity contribution in [3.05, 3.63) is 58.6 Å². The van der Waals surface area contributed by atoms with E-state index in [1.807, 2.05) is 9.80 Å². The molecular weight excluding hydrogens is 553 g/mol. The van der Waals surface area contributed by atoms with Crippen LogP contribution in [-0.2, 0) is 15.7 Å². The predicted octanol–water partition coefficient (Wildman–Crippen LogP) is 2.70. The zero-order valence-electron chi connectivity index (χ0n) is 21.4. The van der Waals surface area contributed by atoms with E-state index in [4.69, 9.17) is 26.1 Å². The number of halogens is 4. The lowest BCUT2D eigenvalue weighted by atomic mass is 10.1. The summed E-state index contributed by atoms with van der Waals surface area (Å²) in [5.74, 6) is -0.972. The first kappa shape index (κ1) is 28.4. The number of nitrogens with one attached hydrogen (secondary N) is 1. The standard InChI is InChI=1S/C26H28ClF3N6O4/c27-19-2-3-20-18(1-4-22(34-20)36-7-10-40-17(14-36)15-37)23(19)24(38)31-13-21(35-5-8-39-9-6-35)16-11-32-25(33-12-16)26(28,29)30/h1-4,11-12,17,21,37H,5-10,13-15H2,(H,31,38). The van der Waals surface area contributed by atoms with Crippen LogP contribution in [0.5, 0.6) is 0 Å². The molecule has 3 aromatic rings. The number of ether oxygens (including phenoxy) is 2. The third-order valence-corrected chi connectivity index (χ3v) is 7.27. The van der Waals surface area contributed by atoms with Gasteiger partial charge in [0.15, 0.2) is 0 Å². The number of aliphatic hydroxyl groups is 1. The third-order valence-electron chi connectivity index (χ3n) is 6.95. The highest BCUT2D eigenvalue weighted by molar-refractivity contribution is 6.35. The maximum atomic E-state index is 13.5. The van der Waals surface area contributed by atoms with Crippen molar-refractivity contribution in [1.82, 2.24) is 25.2 Å². The van der Waals surface area contributed by atoms with Crippen LogP contribution in [0.2, 0.25) is 5.02 Å². The molecule has 2 saturated heterocycles. The summed E-state index contributed by atoms with van der Waals surface area (Å²) in [6, 6.07) is 6.44. The molecule has 0 aliphatic carbocycles. The second-order valence-electron chi connectivity index (χ2n) is 9.49. The molecule has 1 aromatic carbocycles. The number of rotatable bonds is 7. The SMILES string of the molecule is O=C(NCC(c1cnc(C(F)(F)F)nc1)N1CCOCC1)c1c(Cl)ccc2nc(N3CCOC(CO)C3)ccc12. The van der Waals surface area contributed by atoms with Crippen LogP contribution < -0.4 is 10.2 Å². The average Bonchev–Trinajstić information content (AvgIpc) is 2.97. The van der Waals surface area contributed by atoms with Gasteiger partial charge in [0.2, 0.25) is 5.82 Å². The number of morpholine rings is 2. The quantitative estimate of drug-likeness (QED) is 0.435. The molecule has 2 aliphatic heterocycles. The summed E-state index contributed by atoms with van der Waals surface area (Å²) in [7, 11) is 0. The Balaban J connectivity index is 1.37. The van der Waals surface area contributed by atoms with Gasteiger partial charge >= 0.3 is 6.18 Å². The van der Waals surface area contributed by atoms with E-state index < -0.39 is 23.9 Å². The number of carbonyl (C=O) groups excluding carboxylic acids is 1. The van der Waals surface area contributed by atoms with Crippen molar-refractivity contribution in [2.24, 2.45) is 0 Å². The molecule has 2 N–H and O–H groups in total. The predicted molar refractivity (Wildman–Crippen MR) is 140 cm³/mol. The first-order valence-electron chi connectivity index (χ1n) is 12.8. The molecule has 2 atom stereocenters. The summed E-state index contributed by atoms with van der Waals surface area (Å²) in [4.78, 5) is 29.2.